The Labute approximate surface area is 101 Å². The minimum atomic E-state index is 0.283. The maximum Gasteiger partial charge on any atom is 0.0558 e. The van der Waals surface area contributed by atoms with Gasteiger partial charge in [0.2, 0.25) is 0 Å². The summed E-state index contributed by atoms with van der Waals surface area (Å²) in [7, 11) is 0. The van der Waals surface area contributed by atoms with E-state index < -0.39 is 0 Å². The largest absolute Gasteiger partial charge is 0.395 e. The Balaban J connectivity index is 1.80. The number of nitrogens with zero attached hydrogens (tertiary/aromatic N) is 2. The van der Waals surface area contributed by atoms with Gasteiger partial charge in [0.25, 0.3) is 0 Å². The van der Waals surface area contributed by atoms with E-state index in [9.17, 15) is 0 Å². The summed E-state index contributed by atoms with van der Waals surface area (Å²) in [5, 5.41) is 11.1. The third kappa shape index (κ3) is 3.56. The van der Waals surface area contributed by atoms with Gasteiger partial charge in [0.1, 0.15) is 0 Å². The van der Waals surface area contributed by atoms with Crippen molar-refractivity contribution in [3.05, 3.63) is 22.4 Å². The van der Waals surface area contributed by atoms with E-state index in [1.165, 1.54) is 17.8 Å². The van der Waals surface area contributed by atoms with Gasteiger partial charge in [0, 0.05) is 31.1 Å². The second-order valence-electron chi connectivity index (χ2n) is 4.27. The highest BCUT2D eigenvalue weighted by Crippen LogP contribution is 2.13. The molecule has 0 aliphatic carbocycles. The Morgan fingerprint density at radius 2 is 2.00 bits per heavy atom. The summed E-state index contributed by atoms with van der Waals surface area (Å²) in [5.41, 5.74) is 0. The van der Waals surface area contributed by atoms with Crippen molar-refractivity contribution in [3.8, 4) is 0 Å². The minimum Gasteiger partial charge on any atom is -0.395 e. The standard InChI is InChI=1S/C12H20N2OS/c15-9-8-13-4-2-5-14(7-6-13)11-12-3-1-10-16-12/h1,3,10,15H,2,4-9,11H2. The van der Waals surface area contributed by atoms with Gasteiger partial charge in [-0.2, -0.15) is 0 Å². The van der Waals surface area contributed by atoms with E-state index in [0.29, 0.717) is 0 Å². The summed E-state index contributed by atoms with van der Waals surface area (Å²) in [6, 6.07) is 4.33. The Bertz CT molecular complexity index is 289. The van der Waals surface area contributed by atoms with Gasteiger partial charge in [0.15, 0.2) is 0 Å². The van der Waals surface area contributed by atoms with Gasteiger partial charge < -0.3 is 5.11 Å². The summed E-state index contributed by atoms with van der Waals surface area (Å²) in [5.74, 6) is 0. The lowest BCUT2D eigenvalue weighted by Crippen LogP contribution is -2.32. The van der Waals surface area contributed by atoms with Gasteiger partial charge in [-0.3, -0.25) is 9.80 Å². The summed E-state index contributed by atoms with van der Waals surface area (Å²) in [4.78, 5) is 6.33. The fraction of sp³-hybridized carbons (Fsp3) is 0.667. The smallest absolute Gasteiger partial charge is 0.0558 e. The highest BCUT2D eigenvalue weighted by Gasteiger charge is 2.14. The van der Waals surface area contributed by atoms with Gasteiger partial charge in [0.05, 0.1) is 6.61 Å². The van der Waals surface area contributed by atoms with Crippen molar-refractivity contribution in [1.82, 2.24) is 9.80 Å². The van der Waals surface area contributed by atoms with Crippen LogP contribution in [0.1, 0.15) is 11.3 Å². The Morgan fingerprint density at radius 3 is 2.75 bits per heavy atom. The van der Waals surface area contributed by atoms with E-state index in [1.807, 2.05) is 11.3 Å². The highest BCUT2D eigenvalue weighted by atomic mass is 32.1. The molecule has 1 N–H and O–H groups in total. The van der Waals surface area contributed by atoms with Gasteiger partial charge >= 0.3 is 0 Å². The first-order valence-electron chi connectivity index (χ1n) is 5.96. The number of aliphatic hydroxyl groups excluding tert-OH is 1. The molecule has 1 aromatic heterocycles. The molecular weight excluding hydrogens is 220 g/mol. The average Bonchev–Trinajstić information content (AvgIpc) is 2.68. The van der Waals surface area contributed by atoms with Crippen molar-refractivity contribution in [2.24, 2.45) is 0 Å². The number of thiophene rings is 1. The number of β-amino-alcohol motifs (C(OH)–C–C–N with tert-alkyl or cyclic N) is 1. The fourth-order valence-electron chi connectivity index (χ4n) is 2.17. The van der Waals surface area contributed by atoms with Gasteiger partial charge in [-0.15, -0.1) is 11.3 Å². The normalized spacial score (nSPS) is 19.8. The molecule has 90 valence electrons. The molecule has 1 saturated heterocycles. The first kappa shape index (κ1) is 12.0. The van der Waals surface area contributed by atoms with Crippen molar-refractivity contribution >= 4 is 11.3 Å². The SMILES string of the molecule is OCCN1CCCN(Cc2cccs2)CC1. The predicted octanol–water partition coefficient (Wildman–Crippen LogP) is 1.25. The van der Waals surface area contributed by atoms with E-state index >= 15 is 0 Å². The van der Waals surface area contributed by atoms with Crippen molar-refractivity contribution in [2.45, 2.75) is 13.0 Å². The van der Waals surface area contributed by atoms with E-state index in [0.717, 1.165) is 32.7 Å². The first-order valence-corrected chi connectivity index (χ1v) is 6.84. The van der Waals surface area contributed by atoms with Gasteiger partial charge in [-0.1, -0.05) is 6.07 Å². The highest BCUT2D eigenvalue weighted by molar-refractivity contribution is 7.09. The molecule has 1 fully saturated rings. The average molecular weight is 240 g/mol. The van der Waals surface area contributed by atoms with E-state index in [2.05, 4.69) is 27.3 Å². The summed E-state index contributed by atoms with van der Waals surface area (Å²) < 4.78 is 0. The number of hydrogen-bond donors (Lipinski definition) is 1. The van der Waals surface area contributed by atoms with Crippen molar-refractivity contribution in [2.75, 3.05) is 39.3 Å². The molecule has 0 aromatic carbocycles. The van der Waals surface area contributed by atoms with Crippen LogP contribution in [-0.2, 0) is 6.54 Å². The van der Waals surface area contributed by atoms with Crippen molar-refractivity contribution in [1.29, 1.82) is 0 Å². The second-order valence-corrected chi connectivity index (χ2v) is 5.31. The molecule has 2 rings (SSSR count). The lowest BCUT2D eigenvalue weighted by molar-refractivity contribution is 0.196. The third-order valence-corrected chi connectivity index (χ3v) is 3.92. The Hall–Kier alpha value is -0.420. The van der Waals surface area contributed by atoms with Gasteiger partial charge in [-0.05, 0) is 31.0 Å². The van der Waals surface area contributed by atoms with Crippen LogP contribution in [0.15, 0.2) is 17.5 Å². The van der Waals surface area contributed by atoms with Crippen molar-refractivity contribution < 1.29 is 5.11 Å². The molecule has 0 saturated carbocycles. The Kier molecular flexibility index (Phi) is 4.78. The summed E-state index contributed by atoms with van der Waals surface area (Å²) in [6.07, 6.45) is 1.21. The molecule has 0 spiro atoms. The lowest BCUT2D eigenvalue weighted by atomic mass is 10.3. The van der Waals surface area contributed by atoms with Crippen molar-refractivity contribution in [3.63, 3.8) is 0 Å². The van der Waals surface area contributed by atoms with Crippen LogP contribution in [-0.4, -0.2) is 54.2 Å². The number of aliphatic hydroxyl groups is 1. The molecule has 1 aliphatic heterocycles. The Morgan fingerprint density at radius 1 is 1.19 bits per heavy atom. The van der Waals surface area contributed by atoms with E-state index in [-0.39, 0.29) is 6.61 Å². The van der Waals surface area contributed by atoms with Crippen LogP contribution >= 0.6 is 11.3 Å². The molecule has 16 heavy (non-hydrogen) atoms. The fourth-order valence-corrected chi connectivity index (χ4v) is 2.92. The molecule has 1 aliphatic rings. The summed E-state index contributed by atoms with van der Waals surface area (Å²) in [6.45, 7) is 6.72. The number of rotatable bonds is 4. The van der Waals surface area contributed by atoms with E-state index in [1.54, 1.807) is 0 Å². The maximum atomic E-state index is 8.93. The molecule has 3 nitrogen and oxygen atoms in total. The second kappa shape index (κ2) is 6.35. The zero-order valence-electron chi connectivity index (χ0n) is 9.64. The summed E-state index contributed by atoms with van der Waals surface area (Å²) >= 11 is 1.84. The molecule has 1 aromatic rings. The van der Waals surface area contributed by atoms with Crippen LogP contribution in [0.25, 0.3) is 0 Å². The zero-order valence-corrected chi connectivity index (χ0v) is 10.5. The molecule has 0 unspecified atom stereocenters. The molecule has 4 heteroatoms. The molecule has 0 bridgehead atoms. The van der Waals surface area contributed by atoms with Crippen LogP contribution in [0.5, 0.6) is 0 Å². The molecular formula is C12H20N2OS. The van der Waals surface area contributed by atoms with Crippen LogP contribution in [0, 0.1) is 0 Å². The maximum absolute atomic E-state index is 8.93. The molecule has 0 atom stereocenters. The van der Waals surface area contributed by atoms with E-state index in [4.69, 9.17) is 5.11 Å². The zero-order chi connectivity index (χ0) is 11.2. The molecule has 0 radical (unpaired) electrons. The molecule has 0 amide bonds. The lowest BCUT2D eigenvalue weighted by Gasteiger charge is -2.20. The van der Waals surface area contributed by atoms with Crippen LogP contribution in [0.3, 0.4) is 0 Å². The monoisotopic (exact) mass is 240 g/mol. The number of hydrogen-bond acceptors (Lipinski definition) is 4. The van der Waals surface area contributed by atoms with Crippen LogP contribution in [0.4, 0.5) is 0 Å². The van der Waals surface area contributed by atoms with Crippen LogP contribution in [0.2, 0.25) is 0 Å². The topological polar surface area (TPSA) is 26.7 Å². The van der Waals surface area contributed by atoms with Crippen LogP contribution < -0.4 is 0 Å². The minimum absolute atomic E-state index is 0.283. The predicted molar refractivity (Wildman–Crippen MR) is 67.7 cm³/mol. The van der Waals surface area contributed by atoms with Gasteiger partial charge in [-0.25, -0.2) is 0 Å². The first-order chi connectivity index (χ1) is 7.88. The third-order valence-electron chi connectivity index (χ3n) is 3.06. The molecule has 2 heterocycles. The quantitative estimate of drug-likeness (QED) is 0.858.